The third-order valence-corrected chi connectivity index (χ3v) is 5.93. The van der Waals surface area contributed by atoms with Crippen LogP contribution < -0.4 is 5.19 Å². The van der Waals surface area contributed by atoms with Crippen molar-refractivity contribution in [3.05, 3.63) is 22.4 Å². The fourth-order valence-corrected chi connectivity index (χ4v) is 4.81. The predicted octanol–water partition coefficient (Wildman–Crippen LogP) is 3.85. The minimum atomic E-state index is -0.411. The lowest BCUT2D eigenvalue weighted by molar-refractivity contribution is 0.443. The van der Waals surface area contributed by atoms with Gasteiger partial charge in [0, 0.05) is 6.20 Å². The van der Waals surface area contributed by atoms with E-state index in [1.807, 2.05) is 0 Å². The zero-order valence-corrected chi connectivity index (χ0v) is 12.7. The maximum absolute atomic E-state index is 4.52. The van der Waals surface area contributed by atoms with E-state index >= 15 is 0 Å². The number of rotatable bonds is 2. The number of hydrogen-bond donors (Lipinski definition) is 0. The summed E-state index contributed by atoms with van der Waals surface area (Å²) >= 11 is 3.57. The molecule has 0 aliphatic heterocycles. The van der Waals surface area contributed by atoms with E-state index in [1.54, 1.807) is 0 Å². The van der Waals surface area contributed by atoms with E-state index in [1.165, 1.54) is 42.9 Å². The van der Waals surface area contributed by atoms with Crippen molar-refractivity contribution in [3.63, 3.8) is 0 Å². The quantitative estimate of drug-likeness (QED) is 0.597. The van der Waals surface area contributed by atoms with Gasteiger partial charge in [0.1, 0.15) is 4.60 Å². The van der Waals surface area contributed by atoms with E-state index in [2.05, 4.69) is 46.3 Å². The molecule has 1 aliphatic carbocycles. The fourth-order valence-electron chi connectivity index (χ4n) is 2.47. The molecule has 0 bridgehead atoms. The summed E-state index contributed by atoms with van der Waals surface area (Å²) in [5.41, 5.74) is 1.48. The Morgan fingerprint density at radius 2 is 1.94 bits per heavy atom. The Balaban J connectivity index is 2.24. The van der Waals surface area contributed by atoms with Crippen molar-refractivity contribution in [1.29, 1.82) is 0 Å². The monoisotopic (exact) mass is 296 g/mol. The average molecular weight is 297 g/mol. The first-order valence-corrected chi connectivity index (χ1v) is 9.43. The summed E-state index contributed by atoms with van der Waals surface area (Å²) in [4.78, 5) is 4.52. The maximum atomic E-state index is 4.52. The molecule has 1 fully saturated rings. The lowest BCUT2D eigenvalue weighted by Gasteiger charge is -2.22. The minimum absolute atomic E-state index is 0.411. The van der Waals surface area contributed by atoms with Crippen molar-refractivity contribution < 1.29 is 0 Å². The molecule has 1 aliphatic rings. The summed E-state index contributed by atoms with van der Waals surface area (Å²) in [7, 11) is -0.411. The van der Waals surface area contributed by atoms with Crippen LogP contribution >= 0.6 is 15.9 Å². The molecule has 1 nitrogen and oxygen atoms in total. The molecule has 1 saturated carbocycles. The van der Waals surface area contributed by atoms with Crippen LogP contribution in [0, 0.1) is 0 Å². The highest BCUT2D eigenvalue weighted by Crippen LogP contribution is 2.32. The normalized spacial score (nSPS) is 18.0. The number of halogens is 1. The van der Waals surface area contributed by atoms with Crippen LogP contribution in [0.1, 0.15) is 43.6 Å². The van der Waals surface area contributed by atoms with Crippen LogP contribution in [0.15, 0.2) is 16.9 Å². The van der Waals surface area contributed by atoms with Gasteiger partial charge in [-0.15, -0.1) is 0 Å². The van der Waals surface area contributed by atoms with Crippen molar-refractivity contribution in [2.45, 2.75) is 51.1 Å². The summed E-state index contributed by atoms with van der Waals surface area (Å²) in [6.45, 7) is 4.66. The van der Waals surface area contributed by atoms with Crippen molar-refractivity contribution in [2.24, 2.45) is 0 Å². The Kier molecular flexibility index (Phi) is 4.20. The van der Waals surface area contributed by atoms with E-state index in [-0.39, 0.29) is 0 Å². The third kappa shape index (κ3) is 2.75. The molecule has 1 heterocycles. The topological polar surface area (TPSA) is 12.9 Å². The molecule has 0 saturated heterocycles. The Morgan fingerprint density at radius 3 is 2.56 bits per heavy atom. The van der Waals surface area contributed by atoms with Gasteiger partial charge in [-0.2, -0.15) is 0 Å². The van der Waals surface area contributed by atoms with Crippen molar-refractivity contribution in [3.8, 4) is 0 Å². The highest BCUT2D eigenvalue weighted by Gasteiger charge is 2.17. The van der Waals surface area contributed by atoms with Crippen LogP contribution in [-0.4, -0.2) is 13.8 Å². The Labute approximate surface area is 108 Å². The lowest BCUT2D eigenvalue weighted by atomic mass is 9.85. The second kappa shape index (κ2) is 5.45. The molecule has 87 valence electrons. The first-order chi connectivity index (χ1) is 7.68. The fraction of sp³-hybridized carbons (Fsp3) is 0.615. The number of aromatic nitrogens is 1. The smallest absolute Gasteiger partial charge is 0.105 e. The Hall–Kier alpha value is -0.153. The molecule has 0 aromatic carbocycles. The number of hydrogen-bond acceptors (Lipinski definition) is 1. The first-order valence-electron chi connectivity index (χ1n) is 6.14. The van der Waals surface area contributed by atoms with Crippen LogP contribution in [0.2, 0.25) is 13.1 Å². The molecular weight excluding hydrogens is 278 g/mol. The highest BCUT2D eigenvalue weighted by atomic mass is 79.9. The Morgan fingerprint density at radius 1 is 1.25 bits per heavy atom. The summed E-state index contributed by atoms with van der Waals surface area (Å²) in [6, 6.07) is 2.40. The van der Waals surface area contributed by atoms with Crippen molar-refractivity contribution in [2.75, 3.05) is 0 Å². The molecule has 2 rings (SSSR count). The van der Waals surface area contributed by atoms with Crippen LogP contribution in [0.5, 0.6) is 0 Å². The van der Waals surface area contributed by atoms with E-state index in [4.69, 9.17) is 0 Å². The van der Waals surface area contributed by atoms with E-state index < -0.39 is 8.80 Å². The molecule has 16 heavy (non-hydrogen) atoms. The maximum Gasteiger partial charge on any atom is 0.105 e. The van der Waals surface area contributed by atoms with Crippen molar-refractivity contribution in [1.82, 2.24) is 4.98 Å². The molecule has 1 radical (unpaired) electrons. The van der Waals surface area contributed by atoms with Gasteiger partial charge in [-0.1, -0.05) is 38.4 Å². The van der Waals surface area contributed by atoms with Crippen LogP contribution in [0.25, 0.3) is 0 Å². The van der Waals surface area contributed by atoms with Gasteiger partial charge < -0.3 is 0 Å². The van der Waals surface area contributed by atoms with Gasteiger partial charge in [0.2, 0.25) is 0 Å². The molecule has 0 N–H and O–H groups in total. The van der Waals surface area contributed by atoms with Gasteiger partial charge >= 0.3 is 0 Å². The van der Waals surface area contributed by atoms with Crippen LogP contribution in [-0.2, 0) is 0 Å². The molecule has 0 spiro atoms. The van der Waals surface area contributed by atoms with Gasteiger partial charge in [0.05, 0.1) is 8.80 Å². The third-order valence-electron chi connectivity index (χ3n) is 3.48. The summed E-state index contributed by atoms with van der Waals surface area (Å²) < 4.78 is 1.06. The standard InChI is InChI=1S/C13H19BrNSi/c1-16(2)12-8-11(9-15-13(12)14)10-6-4-3-5-7-10/h8-10H,3-7H2,1-2H3. The SMILES string of the molecule is C[Si](C)c1cc(C2CCCCC2)cnc1Br. The van der Waals surface area contributed by atoms with Gasteiger partial charge in [-0.25, -0.2) is 4.98 Å². The van der Waals surface area contributed by atoms with Gasteiger partial charge in [-0.05, 0) is 45.4 Å². The predicted molar refractivity (Wildman–Crippen MR) is 74.9 cm³/mol. The van der Waals surface area contributed by atoms with Crippen LogP contribution in [0.4, 0.5) is 0 Å². The van der Waals surface area contributed by atoms with Gasteiger partial charge in [0.25, 0.3) is 0 Å². The molecule has 0 unspecified atom stereocenters. The largest absolute Gasteiger partial charge is 0.249 e. The zero-order valence-electron chi connectivity index (χ0n) is 10.1. The molecular formula is C13H19BrNSi. The Bertz CT molecular complexity index is 359. The average Bonchev–Trinajstić information content (AvgIpc) is 2.30. The van der Waals surface area contributed by atoms with Gasteiger partial charge in [0.15, 0.2) is 0 Å². The van der Waals surface area contributed by atoms with E-state index in [0.717, 1.165) is 10.5 Å². The van der Waals surface area contributed by atoms with E-state index in [0.29, 0.717) is 0 Å². The summed E-state index contributed by atoms with van der Waals surface area (Å²) in [6.07, 6.45) is 9.01. The summed E-state index contributed by atoms with van der Waals surface area (Å²) in [5, 5.41) is 1.45. The second-order valence-electron chi connectivity index (χ2n) is 4.94. The van der Waals surface area contributed by atoms with Crippen molar-refractivity contribution >= 4 is 29.9 Å². The van der Waals surface area contributed by atoms with Gasteiger partial charge in [-0.3, -0.25) is 0 Å². The number of nitrogens with zero attached hydrogens (tertiary/aromatic N) is 1. The minimum Gasteiger partial charge on any atom is -0.249 e. The summed E-state index contributed by atoms with van der Waals surface area (Å²) in [5.74, 6) is 0.773. The lowest BCUT2D eigenvalue weighted by Crippen LogP contribution is -2.26. The first kappa shape index (κ1) is 12.3. The zero-order chi connectivity index (χ0) is 11.5. The molecule has 0 atom stereocenters. The van der Waals surface area contributed by atoms with E-state index in [9.17, 15) is 0 Å². The molecule has 0 amide bonds. The molecule has 1 aromatic heterocycles. The molecule has 3 heteroatoms. The highest BCUT2D eigenvalue weighted by molar-refractivity contribution is 9.10. The van der Waals surface area contributed by atoms with Crippen LogP contribution in [0.3, 0.4) is 0 Å². The number of pyridine rings is 1. The second-order valence-corrected chi connectivity index (χ2v) is 8.23. The molecule has 1 aromatic rings.